The Kier molecular flexibility index (Phi) is 13.0. The molecule has 0 spiro atoms. The van der Waals surface area contributed by atoms with Crippen LogP contribution in [0.4, 0.5) is 42.8 Å². The second-order valence-corrected chi connectivity index (χ2v) is 13.7. The van der Waals surface area contributed by atoms with Crippen LogP contribution in [0.1, 0.15) is 76.2 Å². The maximum atomic E-state index is 13.9. The number of nitrogens with zero attached hydrogens (tertiary/aromatic N) is 4. The van der Waals surface area contributed by atoms with Crippen molar-refractivity contribution in [2.24, 2.45) is 5.92 Å². The Morgan fingerprint density at radius 2 is 1.47 bits per heavy atom. The Labute approximate surface area is 292 Å². The maximum absolute atomic E-state index is 13.9. The number of hydrogen-bond donors (Lipinski definition) is 3. The molecule has 51 heavy (non-hydrogen) atoms. The van der Waals surface area contributed by atoms with Crippen LogP contribution in [-0.4, -0.2) is 78.8 Å². The Morgan fingerprint density at radius 1 is 0.824 bits per heavy atom. The molecule has 2 fully saturated rings. The van der Waals surface area contributed by atoms with E-state index >= 15 is 0 Å². The highest BCUT2D eigenvalue weighted by molar-refractivity contribution is 5.86. The number of amides is 3. The zero-order valence-electron chi connectivity index (χ0n) is 28.9. The van der Waals surface area contributed by atoms with Crippen molar-refractivity contribution >= 4 is 29.5 Å². The quantitative estimate of drug-likeness (QED) is 0.183. The third kappa shape index (κ3) is 12.2. The van der Waals surface area contributed by atoms with E-state index in [0.29, 0.717) is 57.3 Å². The number of hydrogen-bond acceptors (Lipinski definition) is 8. The number of ether oxygens (including phenoxy) is 1. The number of carbonyl (C=O) groups is 3. The lowest BCUT2D eigenvalue weighted by Gasteiger charge is -2.41. The second-order valence-electron chi connectivity index (χ2n) is 13.7. The molecule has 3 heterocycles. The molecule has 11 nitrogen and oxygen atoms in total. The summed E-state index contributed by atoms with van der Waals surface area (Å²) in [5.74, 6) is -1.43. The van der Waals surface area contributed by atoms with Gasteiger partial charge >= 0.3 is 18.4 Å². The molecule has 1 atom stereocenters. The summed E-state index contributed by atoms with van der Waals surface area (Å²) in [4.78, 5) is 47.7. The van der Waals surface area contributed by atoms with Crippen molar-refractivity contribution < 1.29 is 45.5 Å². The van der Waals surface area contributed by atoms with Gasteiger partial charge in [0.15, 0.2) is 0 Å². The molecule has 2 aliphatic rings. The van der Waals surface area contributed by atoms with Crippen molar-refractivity contribution in [2.75, 3.05) is 49.1 Å². The molecule has 2 saturated heterocycles. The van der Waals surface area contributed by atoms with Gasteiger partial charge in [0.1, 0.15) is 23.3 Å². The smallest absolute Gasteiger partial charge is 0.444 e. The van der Waals surface area contributed by atoms with Crippen LogP contribution in [0.2, 0.25) is 0 Å². The maximum Gasteiger partial charge on any atom is 0.451 e. The highest BCUT2D eigenvalue weighted by atomic mass is 19.4. The highest BCUT2D eigenvalue weighted by Gasteiger charge is 2.40. The minimum Gasteiger partial charge on any atom is -0.444 e. The van der Waals surface area contributed by atoms with Crippen molar-refractivity contribution in [3.63, 3.8) is 0 Å². The lowest BCUT2D eigenvalue weighted by Crippen LogP contribution is -2.57. The average molecular weight is 730 g/mol. The van der Waals surface area contributed by atoms with Crippen molar-refractivity contribution in [3.8, 4) is 0 Å². The normalized spacial score (nSPS) is 17.1. The summed E-state index contributed by atoms with van der Waals surface area (Å²) in [5, 5.41) is 8.06. The summed E-state index contributed by atoms with van der Waals surface area (Å²) in [6, 6.07) is 5.35. The number of benzene rings is 1. The van der Waals surface area contributed by atoms with Gasteiger partial charge in [0, 0.05) is 51.8 Å². The first-order valence-corrected chi connectivity index (χ1v) is 17.0. The third-order valence-electron chi connectivity index (χ3n) is 8.63. The summed E-state index contributed by atoms with van der Waals surface area (Å²) in [7, 11) is 0. The molecule has 0 unspecified atom stereocenters. The number of nitrogens with one attached hydrogen (secondary N) is 3. The molecule has 1 aromatic heterocycles. The first kappa shape index (κ1) is 39.5. The zero-order chi connectivity index (χ0) is 37.4. The van der Waals surface area contributed by atoms with Gasteiger partial charge < -0.3 is 30.5 Å². The number of alkyl carbamates (subject to hydrolysis) is 1. The van der Waals surface area contributed by atoms with Crippen molar-refractivity contribution in [1.82, 2.24) is 25.9 Å². The van der Waals surface area contributed by atoms with E-state index in [-0.39, 0.29) is 49.5 Å². The van der Waals surface area contributed by atoms with Crippen LogP contribution in [-0.2, 0) is 33.1 Å². The number of carbonyl (C=O) groups excluding carboxylic acids is 3. The van der Waals surface area contributed by atoms with Crippen LogP contribution in [0.3, 0.4) is 0 Å². The number of anilines is 2. The minimum atomic E-state index is -4.81. The molecule has 0 saturated carbocycles. The summed E-state index contributed by atoms with van der Waals surface area (Å²) in [6.45, 7) is 7.17. The molecule has 282 valence electrons. The van der Waals surface area contributed by atoms with Gasteiger partial charge in [-0.25, -0.2) is 14.8 Å². The van der Waals surface area contributed by atoms with Gasteiger partial charge in [-0.15, -0.1) is 0 Å². The first-order chi connectivity index (χ1) is 23.9. The molecule has 4 rings (SSSR count). The average Bonchev–Trinajstić information content (AvgIpc) is 3.01. The lowest BCUT2D eigenvalue weighted by molar-refractivity contribution is -0.144. The zero-order valence-corrected chi connectivity index (χ0v) is 28.9. The molecule has 17 heteroatoms. The van der Waals surface area contributed by atoms with Gasteiger partial charge in [-0.05, 0) is 82.9 Å². The van der Waals surface area contributed by atoms with Gasteiger partial charge in [-0.1, -0.05) is 12.1 Å². The Morgan fingerprint density at radius 3 is 2.06 bits per heavy atom. The molecule has 3 amide bonds. The molecule has 1 aromatic carbocycles. The molecule has 3 N–H and O–H groups in total. The van der Waals surface area contributed by atoms with E-state index in [9.17, 15) is 40.7 Å². The first-order valence-electron chi connectivity index (χ1n) is 17.0. The molecule has 0 radical (unpaired) electrons. The molecule has 0 aliphatic carbocycles. The number of rotatable bonds is 13. The van der Waals surface area contributed by atoms with E-state index in [1.807, 2.05) is 0 Å². The predicted octanol–water partition coefficient (Wildman–Crippen LogP) is 5.48. The topological polar surface area (TPSA) is 129 Å². The van der Waals surface area contributed by atoms with Crippen LogP contribution < -0.4 is 25.8 Å². The predicted molar refractivity (Wildman–Crippen MR) is 177 cm³/mol. The van der Waals surface area contributed by atoms with Gasteiger partial charge in [0.25, 0.3) is 0 Å². The van der Waals surface area contributed by atoms with Gasteiger partial charge in [-0.2, -0.15) is 26.3 Å². The summed E-state index contributed by atoms with van der Waals surface area (Å²) in [5.41, 5.74) is -0.785. The molecular weight excluding hydrogens is 684 g/mol. The Hall–Kier alpha value is -4.31. The van der Waals surface area contributed by atoms with Crippen molar-refractivity contribution in [2.45, 2.75) is 89.7 Å². The largest absolute Gasteiger partial charge is 0.451 e. The fourth-order valence-electron chi connectivity index (χ4n) is 5.87. The minimum absolute atomic E-state index is 0.00380. The second kappa shape index (κ2) is 16.8. The Balaban J connectivity index is 1.23. The van der Waals surface area contributed by atoms with Crippen LogP contribution >= 0.6 is 0 Å². The van der Waals surface area contributed by atoms with Gasteiger partial charge in [0.05, 0.1) is 5.56 Å². The molecule has 2 aliphatic heterocycles. The van der Waals surface area contributed by atoms with Crippen molar-refractivity contribution in [3.05, 3.63) is 47.3 Å². The van der Waals surface area contributed by atoms with Crippen LogP contribution in [0.15, 0.2) is 30.3 Å². The van der Waals surface area contributed by atoms with E-state index < -0.39 is 47.4 Å². The Bertz CT molecular complexity index is 1490. The van der Waals surface area contributed by atoms with Crippen LogP contribution in [0, 0.1) is 5.92 Å². The number of piperidine rings is 1. The fourth-order valence-corrected chi connectivity index (χ4v) is 5.87. The monoisotopic (exact) mass is 729 g/mol. The SMILES string of the molecule is CC(C)(C)OC(=O)NCCNC(=O)CCCC1CCN(c2cc(N3CC[C@H]3C(=O)NCCc3ccc(C(F)(F)F)cc3)nc(C(F)(F)F)n2)CC1. The van der Waals surface area contributed by atoms with Crippen molar-refractivity contribution in [1.29, 1.82) is 0 Å². The number of halogens is 6. The summed E-state index contributed by atoms with van der Waals surface area (Å²) >= 11 is 0. The van der Waals surface area contributed by atoms with E-state index in [1.165, 1.54) is 23.1 Å². The van der Waals surface area contributed by atoms with E-state index in [2.05, 4.69) is 25.9 Å². The lowest BCUT2D eigenvalue weighted by atomic mass is 9.91. The molecule has 2 aromatic rings. The number of aromatic nitrogens is 2. The molecular formula is C34H45F6N7O4. The third-order valence-corrected chi connectivity index (χ3v) is 8.63. The summed E-state index contributed by atoms with van der Waals surface area (Å²) in [6.07, 6.45) is -5.97. The van der Waals surface area contributed by atoms with Gasteiger partial charge in [-0.3, -0.25) is 9.59 Å². The number of alkyl halides is 6. The fraction of sp³-hybridized carbons (Fsp3) is 0.618. The molecule has 0 bridgehead atoms. The van der Waals surface area contributed by atoms with E-state index in [0.717, 1.165) is 18.6 Å². The highest BCUT2D eigenvalue weighted by Crippen LogP contribution is 2.35. The van der Waals surface area contributed by atoms with Crippen LogP contribution in [0.25, 0.3) is 0 Å². The summed E-state index contributed by atoms with van der Waals surface area (Å²) < 4.78 is 85.2. The van der Waals surface area contributed by atoms with E-state index in [1.54, 1.807) is 25.7 Å². The van der Waals surface area contributed by atoms with E-state index in [4.69, 9.17) is 4.74 Å². The standard InChI is InChI=1S/C34H45F6N7O4/c1-32(2,3)51-31(50)43-17-16-41-28(48)6-4-5-22-12-18-46(19-13-22)26-21-27(45-30(44-26)34(38,39)40)47-20-14-25(47)29(49)42-15-11-23-7-9-24(10-8-23)33(35,36)37/h7-10,21-22,25H,4-6,11-20H2,1-3H3,(H,41,48)(H,42,49)(H,43,50)/t25-/m0/s1. The van der Waals surface area contributed by atoms with Gasteiger partial charge in [0.2, 0.25) is 17.6 Å². The van der Waals surface area contributed by atoms with Crippen LogP contribution in [0.5, 0.6) is 0 Å².